The van der Waals surface area contributed by atoms with Gasteiger partial charge in [-0.2, -0.15) is 22.0 Å². The molecule has 1 N–H and O–H groups in total. The van der Waals surface area contributed by atoms with Crippen molar-refractivity contribution in [3.8, 4) is 11.4 Å². The van der Waals surface area contributed by atoms with E-state index in [1.165, 1.54) is 34.8 Å². The molecule has 0 spiro atoms. The summed E-state index contributed by atoms with van der Waals surface area (Å²) in [5.74, 6) is -0.183. The van der Waals surface area contributed by atoms with Gasteiger partial charge < -0.3 is 9.63 Å². The molecule has 1 aliphatic heterocycles. The number of aromatic carboxylic acids is 1. The van der Waals surface area contributed by atoms with Gasteiger partial charge in [0, 0.05) is 45.8 Å². The molecule has 11 heteroatoms. The van der Waals surface area contributed by atoms with Crippen molar-refractivity contribution in [1.29, 1.82) is 0 Å². The Balaban J connectivity index is 1.60. The normalized spacial score (nSPS) is 16.7. The van der Waals surface area contributed by atoms with Gasteiger partial charge in [0.2, 0.25) is 11.7 Å². The third kappa shape index (κ3) is 4.33. The van der Waals surface area contributed by atoms with Crippen LogP contribution in [0.3, 0.4) is 0 Å². The predicted molar refractivity (Wildman–Crippen MR) is 96.2 cm³/mol. The third-order valence-corrected chi connectivity index (χ3v) is 6.28. The molecule has 0 aliphatic carbocycles. The van der Waals surface area contributed by atoms with Crippen molar-refractivity contribution in [2.75, 3.05) is 40.3 Å². The number of hydrogen-bond donors (Lipinski definition) is 1. The molecule has 1 fully saturated rings. The Kier molecular flexibility index (Phi) is 5.56. The number of carboxylic acid groups (broad SMARTS) is 1. The van der Waals surface area contributed by atoms with Gasteiger partial charge in [-0.1, -0.05) is 17.3 Å². The van der Waals surface area contributed by atoms with Gasteiger partial charge in [-0.05, 0) is 12.1 Å². The average molecular weight is 395 g/mol. The molecule has 27 heavy (non-hydrogen) atoms. The van der Waals surface area contributed by atoms with Crippen molar-refractivity contribution in [3.63, 3.8) is 0 Å². The highest BCUT2D eigenvalue weighted by Crippen LogP contribution is 2.18. The van der Waals surface area contributed by atoms with Crippen molar-refractivity contribution in [2.45, 2.75) is 6.54 Å². The van der Waals surface area contributed by atoms with E-state index in [0.717, 1.165) is 0 Å². The van der Waals surface area contributed by atoms with Crippen molar-refractivity contribution in [2.24, 2.45) is 0 Å². The maximum atomic E-state index is 12.1. The molecule has 1 aromatic heterocycles. The molecule has 0 atom stereocenters. The summed E-state index contributed by atoms with van der Waals surface area (Å²) in [4.78, 5) is 17.3. The zero-order chi connectivity index (χ0) is 19.6. The minimum atomic E-state index is -3.39. The molecular weight excluding hydrogens is 374 g/mol. The zero-order valence-electron chi connectivity index (χ0n) is 15.1. The molecule has 1 saturated heterocycles. The average Bonchev–Trinajstić information content (AvgIpc) is 3.10. The number of piperazine rings is 1. The van der Waals surface area contributed by atoms with Gasteiger partial charge in [-0.25, -0.2) is 4.79 Å². The van der Waals surface area contributed by atoms with E-state index in [1.54, 1.807) is 12.1 Å². The van der Waals surface area contributed by atoms with E-state index in [9.17, 15) is 13.2 Å². The summed E-state index contributed by atoms with van der Waals surface area (Å²) in [6, 6.07) is 6.22. The van der Waals surface area contributed by atoms with Crippen molar-refractivity contribution < 1.29 is 22.8 Å². The second kappa shape index (κ2) is 7.72. The Bertz CT molecular complexity index is 902. The van der Waals surface area contributed by atoms with Gasteiger partial charge in [0.25, 0.3) is 10.2 Å². The molecule has 146 valence electrons. The van der Waals surface area contributed by atoms with Crippen LogP contribution >= 0.6 is 0 Å². The van der Waals surface area contributed by atoms with E-state index in [1.807, 2.05) is 4.90 Å². The molecule has 0 unspecified atom stereocenters. The minimum absolute atomic E-state index is 0.188. The highest BCUT2D eigenvalue weighted by Gasteiger charge is 2.29. The van der Waals surface area contributed by atoms with Crippen LogP contribution in [0.2, 0.25) is 0 Å². The maximum Gasteiger partial charge on any atom is 0.335 e. The van der Waals surface area contributed by atoms with Gasteiger partial charge in [-0.3, -0.25) is 4.90 Å². The van der Waals surface area contributed by atoms with Crippen LogP contribution in [0.15, 0.2) is 28.8 Å². The van der Waals surface area contributed by atoms with Crippen LogP contribution in [0.1, 0.15) is 16.2 Å². The maximum absolute atomic E-state index is 12.1. The standard InChI is InChI=1S/C16H21N5O5S/c1-19(2)27(24,25)21-9-7-20(8-10-21)11-14-17-15(18-26-14)12-3-5-13(6-4-12)16(22)23/h3-6H,7-11H2,1-2H3,(H,22,23). The lowest BCUT2D eigenvalue weighted by molar-refractivity contribution is 0.0697. The first-order chi connectivity index (χ1) is 12.8. The Morgan fingerprint density at radius 3 is 2.37 bits per heavy atom. The van der Waals surface area contributed by atoms with Crippen molar-refractivity contribution >= 4 is 16.2 Å². The molecule has 0 bridgehead atoms. The second-order valence-corrected chi connectivity index (χ2v) is 8.50. The van der Waals surface area contributed by atoms with Crippen LogP contribution in [0.5, 0.6) is 0 Å². The summed E-state index contributed by atoms with van der Waals surface area (Å²) in [5.41, 5.74) is 0.852. The number of nitrogens with zero attached hydrogens (tertiary/aromatic N) is 5. The molecule has 1 aliphatic rings. The van der Waals surface area contributed by atoms with E-state index < -0.39 is 16.2 Å². The summed E-state index contributed by atoms with van der Waals surface area (Å²) < 4.78 is 32.2. The third-order valence-electron chi connectivity index (χ3n) is 4.34. The number of carboxylic acids is 1. The number of aromatic nitrogens is 2. The van der Waals surface area contributed by atoms with Gasteiger partial charge in [0.1, 0.15) is 0 Å². The molecule has 0 radical (unpaired) electrons. The topological polar surface area (TPSA) is 120 Å². The van der Waals surface area contributed by atoms with Crippen molar-refractivity contribution in [3.05, 3.63) is 35.7 Å². The molecule has 0 amide bonds. The quantitative estimate of drug-likeness (QED) is 0.744. The van der Waals surface area contributed by atoms with Crippen LogP contribution < -0.4 is 0 Å². The summed E-state index contributed by atoms with van der Waals surface area (Å²) in [7, 11) is -0.354. The lowest BCUT2D eigenvalue weighted by atomic mass is 10.1. The Hall–Kier alpha value is -2.34. The van der Waals surface area contributed by atoms with Crippen LogP contribution in [-0.4, -0.2) is 83.4 Å². The van der Waals surface area contributed by atoms with Gasteiger partial charge in [-0.15, -0.1) is 0 Å². The largest absolute Gasteiger partial charge is 0.478 e. The Morgan fingerprint density at radius 2 is 1.81 bits per heavy atom. The van der Waals surface area contributed by atoms with Gasteiger partial charge >= 0.3 is 5.97 Å². The SMILES string of the molecule is CN(C)S(=O)(=O)N1CCN(Cc2nc(-c3ccc(C(=O)O)cc3)no2)CC1. The van der Waals surface area contributed by atoms with E-state index >= 15 is 0 Å². The lowest BCUT2D eigenvalue weighted by Crippen LogP contribution is -2.51. The number of rotatable bonds is 6. The fourth-order valence-electron chi connectivity index (χ4n) is 2.74. The lowest BCUT2D eigenvalue weighted by Gasteiger charge is -2.34. The van der Waals surface area contributed by atoms with Crippen LogP contribution in [0, 0.1) is 0 Å². The molecule has 2 heterocycles. The number of benzene rings is 1. The Labute approximate surface area is 157 Å². The first-order valence-corrected chi connectivity index (χ1v) is 9.73. The first kappa shape index (κ1) is 19.4. The van der Waals surface area contributed by atoms with E-state index in [0.29, 0.717) is 50.0 Å². The minimum Gasteiger partial charge on any atom is -0.478 e. The predicted octanol–water partition coefficient (Wildman–Crippen LogP) is 0.359. The number of carbonyl (C=O) groups is 1. The van der Waals surface area contributed by atoms with Crippen LogP contribution in [0.25, 0.3) is 11.4 Å². The fourth-order valence-corrected chi connectivity index (χ4v) is 3.83. The molecule has 3 rings (SSSR count). The molecule has 0 saturated carbocycles. The highest BCUT2D eigenvalue weighted by atomic mass is 32.2. The molecule has 10 nitrogen and oxygen atoms in total. The van der Waals surface area contributed by atoms with Crippen LogP contribution in [0.4, 0.5) is 0 Å². The molecular formula is C16H21N5O5S. The molecule has 2 aromatic rings. The monoisotopic (exact) mass is 395 g/mol. The van der Waals surface area contributed by atoms with E-state index in [2.05, 4.69) is 10.1 Å². The zero-order valence-corrected chi connectivity index (χ0v) is 15.9. The summed E-state index contributed by atoms with van der Waals surface area (Å²) in [6.45, 7) is 2.36. The number of hydrogen-bond acceptors (Lipinski definition) is 7. The highest BCUT2D eigenvalue weighted by molar-refractivity contribution is 7.86. The van der Waals surface area contributed by atoms with E-state index in [4.69, 9.17) is 9.63 Å². The van der Waals surface area contributed by atoms with Crippen molar-refractivity contribution in [1.82, 2.24) is 23.7 Å². The summed E-state index contributed by atoms with van der Waals surface area (Å²) in [6.07, 6.45) is 0. The molecule has 1 aromatic carbocycles. The fraction of sp³-hybridized carbons (Fsp3) is 0.438. The summed E-state index contributed by atoms with van der Waals surface area (Å²) in [5, 5.41) is 12.9. The first-order valence-electron chi connectivity index (χ1n) is 8.33. The van der Waals surface area contributed by atoms with Crippen LogP contribution in [-0.2, 0) is 16.8 Å². The van der Waals surface area contributed by atoms with E-state index in [-0.39, 0.29) is 5.56 Å². The van der Waals surface area contributed by atoms with Gasteiger partial charge in [0.05, 0.1) is 12.1 Å². The second-order valence-electron chi connectivity index (χ2n) is 6.36. The smallest absolute Gasteiger partial charge is 0.335 e. The summed E-state index contributed by atoms with van der Waals surface area (Å²) >= 11 is 0. The Morgan fingerprint density at radius 1 is 1.19 bits per heavy atom. The van der Waals surface area contributed by atoms with Gasteiger partial charge in [0.15, 0.2) is 0 Å².